The Balaban J connectivity index is 1.26. The Labute approximate surface area is 213 Å². The van der Waals surface area contributed by atoms with Gasteiger partial charge < -0.3 is 29.9 Å². The van der Waals surface area contributed by atoms with Crippen LogP contribution in [0.2, 0.25) is 0 Å². The molecule has 2 aliphatic rings. The lowest BCUT2D eigenvalue weighted by atomic mass is 9.99. The van der Waals surface area contributed by atoms with Crippen LogP contribution in [0.5, 0.6) is 0 Å². The molecule has 0 spiro atoms. The number of nitrogens with zero attached hydrogens (tertiary/aromatic N) is 3. The molecule has 1 aliphatic heterocycles. The summed E-state index contributed by atoms with van der Waals surface area (Å²) in [5.74, 6) is -0.128. The predicted molar refractivity (Wildman–Crippen MR) is 129 cm³/mol. The van der Waals surface area contributed by atoms with E-state index in [4.69, 9.17) is 9.47 Å². The summed E-state index contributed by atoms with van der Waals surface area (Å²) in [6.45, 7) is -0.468. The van der Waals surface area contributed by atoms with E-state index in [1.165, 1.54) is 23.8 Å². The Morgan fingerprint density at radius 1 is 1.14 bits per heavy atom. The molecule has 2 fully saturated rings. The fraction of sp³-hybridized carbons (Fsp3) is 0.435. The molecule has 5 unspecified atom stereocenters. The SMILES string of the molecule is O=C(CSc1nnc(Br)n1-c1ccc(C2CC2)c2ccccc12)OCC(O)C1OC(O)C(O)C1O. The molecule has 2 aromatic carbocycles. The van der Waals surface area contributed by atoms with Crippen LogP contribution in [0.25, 0.3) is 16.5 Å². The molecule has 10 nitrogen and oxygen atoms in total. The number of rotatable bonds is 8. The van der Waals surface area contributed by atoms with Gasteiger partial charge in [0.2, 0.25) is 4.73 Å². The minimum Gasteiger partial charge on any atom is -0.462 e. The molecule has 0 radical (unpaired) electrons. The maximum absolute atomic E-state index is 12.3. The number of hydrogen-bond acceptors (Lipinski definition) is 10. The van der Waals surface area contributed by atoms with Crippen molar-refractivity contribution in [3.63, 3.8) is 0 Å². The summed E-state index contributed by atoms with van der Waals surface area (Å²) in [5, 5.41) is 50.0. The monoisotopic (exact) mass is 565 g/mol. The Morgan fingerprint density at radius 3 is 2.57 bits per heavy atom. The van der Waals surface area contributed by atoms with Crippen LogP contribution >= 0.6 is 27.7 Å². The van der Waals surface area contributed by atoms with E-state index in [1.54, 1.807) is 0 Å². The number of halogens is 1. The van der Waals surface area contributed by atoms with Crippen molar-refractivity contribution in [1.82, 2.24) is 14.8 Å². The largest absolute Gasteiger partial charge is 0.462 e. The van der Waals surface area contributed by atoms with Gasteiger partial charge in [0.05, 0.1) is 11.4 Å². The van der Waals surface area contributed by atoms with E-state index in [1.807, 2.05) is 22.8 Å². The van der Waals surface area contributed by atoms with Crippen LogP contribution in [0.1, 0.15) is 24.3 Å². The first-order chi connectivity index (χ1) is 16.8. The summed E-state index contributed by atoms with van der Waals surface area (Å²) < 4.78 is 12.3. The summed E-state index contributed by atoms with van der Waals surface area (Å²) >= 11 is 4.59. The average molecular weight is 566 g/mol. The molecule has 0 bridgehead atoms. The number of esters is 1. The number of ether oxygens (including phenoxy) is 2. The molecule has 1 aliphatic carbocycles. The quantitative estimate of drug-likeness (QED) is 0.234. The third kappa shape index (κ3) is 4.96. The molecule has 12 heteroatoms. The number of aliphatic hydroxyl groups is 4. The molecule has 3 aromatic rings. The molecule has 1 aromatic heterocycles. The number of thioether (sulfide) groups is 1. The smallest absolute Gasteiger partial charge is 0.316 e. The van der Waals surface area contributed by atoms with Gasteiger partial charge in [-0.2, -0.15) is 0 Å². The molecular weight excluding hydrogens is 542 g/mol. The normalized spacial score (nSPS) is 25.2. The zero-order valence-corrected chi connectivity index (χ0v) is 20.8. The van der Waals surface area contributed by atoms with Gasteiger partial charge in [-0.05, 0) is 51.7 Å². The van der Waals surface area contributed by atoms with Crippen LogP contribution in [0.15, 0.2) is 46.3 Å². The van der Waals surface area contributed by atoms with Gasteiger partial charge in [0.15, 0.2) is 11.4 Å². The lowest BCUT2D eigenvalue weighted by Crippen LogP contribution is -2.41. The Hall–Kier alpha value is -2.06. The zero-order valence-electron chi connectivity index (χ0n) is 18.4. The lowest BCUT2D eigenvalue weighted by Gasteiger charge is -2.20. The highest BCUT2D eigenvalue weighted by Crippen LogP contribution is 2.44. The molecule has 186 valence electrons. The number of carbonyl (C=O) groups is 1. The highest BCUT2D eigenvalue weighted by Gasteiger charge is 2.45. The number of carbonyl (C=O) groups excluding carboxylic acids is 1. The number of benzene rings is 2. The molecule has 0 amide bonds. The zero-order chi connectivity index (χ0) is 24.7. The van der Waals surface area contributed by atoms with Gasteiger partial charge in [-0.25, -0.2) is 0 Å². The first kappa shape index (κ1) is 24.6. The highest BCUT2D eigenvalue weighted by molar-refractivity contribution is 9.10. The topological polar surface area (TPSA) is 147 Å². The molecular formula is C23H24BrN3O7S. The fourth-order valence-corrected chi connectivity index (χ4v) is 5.54. The van der Waals surface area contributed by atoms with E-state index in [-0.39, 0.29) is 5.75 Å². The van der Waals surface area contributed by atoms with Gasteiger partial charge >= 0.3 is 5.97 Å². The lowest BCUT2D eigenvalue weighted by molar-refractivity contribution is -0.161. The molecule has 5 atom stereocenters. The third-order valence-corrected chi connectivity index (χ3v) is 7.59. The summed E-state index contributed by atoms with van der Waals surface area (Å²) in [6.07, 6.45) is -4.94. The summed E-state index contributed by atoms with van der Waals surface area (Å²) in [6, 6.07) is 12.4. The van der Waals surface area contributed by atoms with Crippen molar-refractivity contribution in [1.29, 1.82) is 0 Å². The van der Waals surface area contributed by atoms with E-state index in [9.17, 15) is 25.2 Å². The van der Waals surface area contributed by atoms with Crippen molar-refractivity contribution >= 4 is 44.4 Å². The van der Waals surface area contributed by atoms with E-state index in [0.717, 1.165) is 22.8 Å². The van der Waals surface area contributed by atoms with Crippen LogP contribution in [-0.2, 0) is 14.3 Å². The number of hydrogen-bond donors (Lipinski definition) is 4. The first-order valence-electron chi connectivity index (χ1n) is 11.1. The maximum atomic E-state index is 12.3. The second-order valence-electron chi connectivity index (χ2n) is 8.59. The second kappa shape index (κ2) is 10.1. The standard InChI is InChI=1S/C23H24BrN3O7S/c24-22-25-26-23(35-10-17(29)33-9-16(28)20-18(30)19(31)21(32)34-20)27(22)15-8-7-12(11-5-6-11)13-3-1-2-4-14(13)15/h1-4,7-8,11,16,18-21,28,30-32H,5-6,9-10H2. The predicted octanol–water partition coefficient (Wildman–Crippen LogP) is 1.50. The Kier molecular flexibility index (Phi) is 7.13. The van der Waals surface area contributed by atoms with E-state index in [0.29, 0.717) is 15.8 Å². The van der Waals surface area contributed by atoms with Crippen molar-refractivity contribution in [2.75, 3.05) is 12.4 Å². The van der Waals surface area contributed by atoms with Crippen molar-refractivity contribution in [2.24, 2.45) is 0 Å². The molecule has 1 saturated carbocycles. The van der Waals surface area contributed by atoms with Crippen LogP contribution in [0.4, 0.5) is 0 Å². The first-order valence-corrected chi connectivity index (χ1v) is 12.9. The van der Waals surface area contributed by atoms with Gasteiger partial charge in [-0.1, -0.05) is 42.1 Å². The minimum absolute atomic E-state index is 0.102. The molecule has 4 N–H and O–H groups in total. The van der Waals surface area contributed by atoms with Crippen LogP contribution < -0.4 is 0 Å². The number of aliphatic hydroxyl groups excluding tert-OH is 4. The summed E-state index contributed by atoms with van der Waals surface area (Å²) in [4.78, 5) is 12.3. The maximum Gasteiger partial charge on any atom is 0.316 e. The fourth-order valence-electron chi connectivity index (χ4n) is 4.24. The van der Waals surface area contributed by atoms with Gasteiger partial charge in [-0.3, -0.25) is 9.36 Å². The number of aromatic nitrogens is 3. The number of fused-ring (bicyclic) bond motifs is 1. The van der Waals surface area contributed by atoms with Gasteiger partial charge in [0.25, 0.3) is 0 Å². The second-order valence-corrected chi connectivity index (χ2v) is 10.2. The average Bonchev–Trinajstić information content (AvgIpc) is 3.59. The van der Waals surface area contributed by atoms with E-state index in [2.05, 4.69) is 44.3 Å². The molecule has 1 saturated heterocycles. The Morgan fingerprint density at radius 2 is 1.89 bits per heavy atom. The van der Waals surface area contributed by atoms with E-state index < -0.39 is 43.3 Å². The van der Waals surface area contributed by atoms with Gasteiger partial charge in [0.1, 0.15) is 31.0 Å². The van der Waals surface area contributed by atoms with Crippen LogP contribution in [-0.4, -0.2) is 84.2 Å². The molecule has 5 rings (SSSR count). The molecule has 2 heterocycles. The van der Waals surface area contributed by atoms with Crippen LogP contribution in [0, 0.1) is 0 Å². The van der Waals surface area contributed by atoms with Gasteiger partial charge in [-0.15, -0.1) is 10.2 Å². The summed E-state index contributed by atoms with van der Waals surface area (Å²) in [7, 11) is 0. The summed E-state index contributed by atoms with van der Waals surface area (Å²) in [5.41, 5.74) is 2.22. The van der Waals surface area contributed by atoms with Crippen molar-refractivity contribution in [3.8, 4) is 5.69 Å². The van der Waals surface area contributed by atoms with E-state index >= 15 is 0 Å². The highest BCUT2D eigenvalue weighted by atomic mass is 79.9. The Bertz CT molecular complexity index is 1240. The van der Waals surface area contributed by atoms with Crippen molar-refractivity contribution in [2.45, 2.75) is 54.6 Å². The minimum atomic E-state index is -1.62. The third-order valence-electron chi connectivity index (χ3n) is 6.18. The molecule has 35 heavy (non-hydrogen) atoms. The van der Waals surface area contributed by atoms with Crippen molar-refractivity contribution in [3.05, 3.63) is 46.7 Å². The van der Waals surface area contributed by atoms with Gasteiger partial charge in [0, 0.05) is 5.39 Å². The van der Waals surface area contributed by atoms with Crippen LogP contribution in [0.3, 0.4) is 0 Å². The van der Waals surface area contributed by atoms with Crippen molar-refractivity contribution < 1.29 is 34.7 Å².